The van der Waals surface area contributed by atoms with E-state index in [0.717, 1.165) is 6.42 Å². The molecular weight excluding hydrogens is 210 g/mol. The Kier molecular flexibility index (Phi) is 3.05. The van der Waals surface area contributed by atoms with Crippen molar-refractivity contribution < 1.29 is 14.3 Å². The molecule has 1 aliphatic heterocycles. The van der Waals surface area contributed by atoms with Crippen molar-refractivity contribution in [2.45, 2.75) is 6.42 Å². The maximum atomic E-state index is 11.9. The molecule has 1 N–H and O–H groups in total. The molecule has 2 heterocycles. The van der Waals surface area contributed by atoms with E-state index in [1.807, 2.05) is 0 Å². The molecule has 1 aromatic rings. The van der Waals surface area contributed by atoms with Crippen LogP contribution in [0, 0.1) is 5.92 Å². The van der Waals surface area contributed by atoms with Crippen LogP contribution in [0.2, 0.25) is 0 Å². The third-order valence-electron chi connectivity index (χ3n) is 2.78. The van der Waals surface area contributed by atoms with Crippen LogP contribution in [0.1, 0.15) is 16.8 Å². The average molecular weight is 223 g/mol. The largest absolute Gasteiger partial charge is 0.430 e. The standard InChI is InChI=1S/C11H13NO4/c13-6-8-3-4-12(5-8)11(15)9-1-2-10(14)16-7-9/h1-2,7-8,13H,3-6H2. The van der Waals surface area contributed by atoms with Crippen LogP contribution in [0.3, 0.4) is 0 Å². The Hall–Kier alpha value is -1.62. The second-order valence-corrected chi connectivity index (χ2v) is 3.93. The van der Waals surface area contributed by atoms with Gasteiger partial charge in [0.25, 0.3) is 5.91 Å². The molecule has 0 bridgehead atoms. The second kappa shape index (κ2) is 4.49. The molecule has 1 saturated heterocycles. The number of aliphatic hydroxyl groups is 1. The van der Waals surface area contributed by atoms with Crippen molar-refractivity contribution in [3.8, 4) is 0 Å². The molecule has 0 aromatic carbocycles. The summed E-state index contributed by atoms with van der Waals surface area (Å²) in [5.41, 5.74) is -0.0932. The number of likely N-dealkylation sites (tertiary alicyclic amines) is 1. The Morgan fingerprint density at radius 2 is 2.38 bits per heavy atom. The molecule has 1 amide bonds. The average Bonchev–Trinajstić information content (AvgIpc) is 2.77. The molecule has 1 fully saturated rings. The lowest BCUT2D eigenvalue weighted by Crippen LogP contribution is -2.29. The summed E-state index contributed by atoms with van der Waals surface area (Å²) in [4.78, 5) is 24.3. The minimum Gasteiger partial charge on any atom is -0.430 e. The first-order valence-corrected chi connectivity index (χ1v) is 5.19. The molecule has 0 aliphatic carbocycles. The third-order valence-corrected chi connectivity index (χ3v) is 2.78. The number of aliphatic hydroxyl groups excluding tert-OH is 1. The van der Waals surface area contributed by atoms with E-state index in [1.54, 1.807) is 4.90 Å². The van der Waals surface area contributed by atoms with E-state index < -0.39 is 5.63 Å². The number of carbonyl (C=O) groups excluding carboxylic acids is 1. The summed E-state index contributed by atoms with van der Waals surface area (Å²) in [5.74, 6) is 0.0133. The molecule has 5 heteroatoms. The summed E-state index contributed by atoms with van der Waals surface area (Å²) in [5, 5.41) is 8.97. The van der Waals surface area contributed by atoms with Gasteiger partial charge >= 0.3 is 5.63 Å². The van der Waals surface area contributed by atoms with Gasteiger partial charge in [-0.05, 0) is 12.5 Å². The fourth-order valence-electron chi connectivity index (χ4n) is 1.83. The molecule has 0 spiro atoms. The summed E-state index contributed by atoms with van der Waals surface area (Å²) in [6.45, 7) is 1.31. The van der Waals surface area contributed by atoms with E-state index >= 15 is 0 Å². The van der Waals surface area contributed by atoms with Gasteiger partial charge in [0.2, 0.25) is 0 Å². The Bertz CT molecular complexity index is 419. The number of hydrogen-bond acceptors (Lipinski definition) is 4. The van der Waals surface area contributed by atoms with Crippen LogP contribution in [0.5, 0.6) is 0 Å². The van der Waals surface area contributed by atoms with Crippen molar-refractivity contribution >= 4 is 5.91 Å². The molecule has 1 aromatic heterocycles. The van der Waals surface area contributed by atoms with Gasteiger partial charge in [0.1, 0.15) is 6.26 Å². The maximum Gasteiger partial charge on any atom is 0.335 e. The van der Waals surface area contributed by atoms with Crippen LogP contribution in [-0.4, -0.2) is 35.6 Å². The quantitative estimate of drug-likeness (QED) is 0.771. The van der Waals surface area contributed by atoms with Crippen molar-refractivity contribution in [3.05, 3.63) is 34.4 Å². The van der Waals surface area contributed by atoms with Crippen LogP contribution in [0.4, 0.5) is 0 Å². The monoisotopic (exact) mass is 223 g/mol. The van der Waals surface area contributed by atoms with Gasteiger partial charge in [0.05, 0.1) is 5.56 Å². The molecule has 1 aliphatic rings. The number of amides is 1. The van der Waals surface area contributed by atoms with Crippen molar-refractivity contribution in [1.29, 1.82) is 0 Å². The zero-order valence-electron chi connectivity index (χ0n) is 8.76. The highest BCUT2D eigenvalue weighted by molar-refractivity contribution is 5.93. The van der Waals surface area contributed by atoms with Crippen LogP contribution in [0.15, 0.2) is 27.6 Å². The lowest BCUT2D eigenvalue weighted by atomic mass is 10.1. The number of rotatable bonds is 2. The van der Waals surface area contributed by atoms with Gasteiger partial charge < -0.3 is 14.4 Å². The van der Waals surface area contributed by atoms with Gasteiger partial charge in [-0.25, -0.2) is 4.79 Å². The van der Waals surface area contributed by atoms with Crippen molar-refractivity contribution in [2.24, 2.45) is 5.92 Å². The zero-order valence-corrected chi connectivity index (χ0v) is 8.76. The molecule has 0 radical (unpaired) electrons. The van der Waals surface area contributed by atoms with Crippen molar-refractivity contribution in [2.75, 3.05) is 19.7 Å². The summed E-state index contributed by atoms with van der Waals surface area (Å²) < 4.78 is 4.64. The molecule has 5 nitrogen and oxygen atoms in total. The minimum atomic E-state index is -0.466. The first kappa shape index (κ1) is 10.9. The predicted molar refractivity (Wildman–Crippen MR) is 56.1 cm³/mol. The highest BCUT2D eigenvalue weighted by Crippen LogP contribution is 2.17. The van der Waals surface area contributed by atoms with Crippen molar-refractivity contribution in [3.63, 3.8) is 0 Å². The van der Waals surface area contributed by atoms with E-state index in [0.29, 0.717) is 18.7 Å². The van der Waals surface area contributed by atoms with Gasteiger partial charge in [-0.1, -0.05) is 0 Å². The fourth-order valence-corrected chi connectivity index (χ4v) is 1.83. The SMILES string of the molecule is O=C(c1ccc(=O)oc1)N1CCC(CO)C1. The van der Waals surface area contributed by atoms with E-state index in [1.165, 1.54) is 18.4 Å². The van der Waals surface area contributed by atoms with Crippen molar-refractivity contribution in [1.82, 2.24) is 4.90 Å². The molecule has 1 atom stereocenters. The first-order chi connectivity index (χ1) is 7.70. The van der Waals surface area contributed by atoms with Crippen LogP contribution in [0.25, 0.3) is 0 Å². The normalized spacial score (nSPS) is 20.1. The summed E-state index contributed by atoms with van der Waals surface area (Å²) in [7, 11) is 0. The smallest absolute Gasteiger partial charge is 0.335 e. The van der Waals surface area contributed by atoms with E-state index in [4.69, 9.17) is 5.11 Å². The predicted octanol–water partition coefficient (Wildman–Crippen LogP) is 0.0942. The van der Waals surface area contributed by atoms with Gasteiger partial charge in [-0.15, -0.1) is 0 Å². The van der Waals surface area contributed by atoms with E-state index in [-0.39, 0.29) is 18.4 Å². The summed E-state index contributed by atoms with van der Waals surface area (Å²) in [6.07, 6.45) is 2.00. The molecule has 16 heavy (non-hydrogen) atoms. The molecule has 1 unspecified atom stereocenters. The topological polar surface area (TPSA) is 70.8 Å². The number of hydrogen-bond donors (Lipinski definition) is 1. The number of nitrogens with zero attached hydrogens (tertiary/aromatic N) is 1. The fraction of sp³-hybridized carbons (Fsp3) is 0.455. The zero-order chi connectivity index (χ0) is 11.5. The van der Waals surface area contributed by atoms with E-state index in [9.17, 15) is 9.59 Å². The van der Waals surface area contributed by atoms with Crippen LogP contribution in [-0.2, 0) is 0 Å². The third kappa shape index (κ3) is 2.14. The van der Waals surface area contributed by atoms with Gasteiger partial charge in [0, 0.05) is 31.7 Å². The lowest BCUT2D eigenvalue weighted by molar-refractivity contribution is 0.0779. The van der Waals surface area contributed by atoms with Gasteiger partial charge in [0.15, 0.2) is 0 Å². The number of carbonyl (C=O) groups is 1. The van der Waals surface area contributed by atoms with Gasteiger partial charge in [-0.2, -0.15) is 0 Å². The lowest BCUT2D eigenvalue weighted by Gasteiger charge is -2.15. The Morgan fingerprint density at radius 3 is 2.94 bits per heavy atom. The molecular formula is C11H13NO4. The highest BCUT2D eigenvalue weighted by Gasteiger charge is 2.26. The van der Waals surface area contributed by atoms with E-state index in [2.05, 4.69) is 4.42 Å². The Morgan fingerprint density at radius 1 is 1.56 bits per heavy atom. The molecule has 0 saturated carbocycles. The molecule has 86 valence electrons. The summed E-state index contributed by atoms with van der Waals surface area (Å²) >= 11 is 0. The Labute approximate surface area is 92.3 Å². The maximum absolute atomic E-state index is 11.9. The highest BCUT2D eigenvalue weighted by atomic mass is 16.4. The van der Waals surface area contributed by atoms with Gasteiger partial charge in [-0.3, -0.25) is 4.79 Å². The molecule has 2 rings (SSSR count). The summed E-state index contributed by atoms with van der Waals surface area (Å²) in [6, 6.07) is 2.69. The Balaban J connectivity index is 2.08. The second-order valence-electron chi connectivity index (χ2n) is 3.93. The first-order valence-electron chi connectivity index (χ1n) is 5.19. The van der Waals surface area contributed by atoms with Crippen LogP contribution >= 0.6 is 0 Å². The minimum absolute atomic E-state index is 0.105. The van der Waals surface area contributed by atoms with Crippen LogP contribution < -0.4 is 5.63 Å².